The molecule has 0 bridgehead atoms. The smallest absolute Gasteiger partial charge is 0.276 e. The Morgan fingerprint density at radius 3 is 2.16 bits per heavy atom. The fraction of sp³-hybridized carbons (Fsp3) is 0.167. The number of hydrazine groups is 1. The van der Waals surface area contributed by atoms with Crippen molar-refractivity contribution in [3.8, 4) is 22.6 Å². The Morgan fingerprint density at radius 2 is 1.52 bits per heavy atom. The maximum absolute atomic E-state index is 14.5. The van der Waals surface area contributed by atoms with E-state index in [-0.39, 0.29) is 12.2 Å². The largest absolute Gasteiger partial charge is 0.490 e. The van der Waals surface area contributed by atoms with Crippen molar-refractivity contribution in [2.45, 2.75) is 13.8 Å². The Bertz CT molecular complexity index is 1070. The molecule has 3 aromatic carbocycles. The summed E-state index contributed by atoms with van der Waals surface area (Å²) in [4.78, 5) is 24.2. The summed E-state index contributed by atoms with van der Waals surface area (Å²) >= 11 is 0. The number of halogens is 1. The van der Waals surface area contributed by atoms with Crippen molar-refractivity contribution < 1.29 is 23.5 Å². The molecule has 7 heteroatoms. The lowest BCUT2D eigenvalue weighted by molar-refractivity contribution is -0.123. The highest BCUT2D eigenvalue weighted by Crippen LogP contribution is 2.26. The third kappa shape index (κ3) is 5.82. The van der Waals surface area contributed by atoms with Gasteiger partial charge in [-0.2, -0.15) is 0 Å². The lowest BCUT2D eigenvalue weighted by Gasteiger charge is -2.12. The standard InChI is InChI=1S/C24H23FN2O4/c1-3-30-21-6-4-5-7-22(21)31-15-23(28)26-27-24(29)19-13-12-18(14-20(19)25)17-10-8-16(2)9-11-17/h4-14H,3,15H2,1-2H3,(H,26,28)(H,27,29). The van der Waals surface area contributed by atoms with Gasteiger partial charge in [0, 0.05) is 0 Å². The van der Waals surface area contributed by atoms with E-state index in [0.717, 1.165) is 11.1 Å². The SMILES string of the molecule is CCOc1ccccc1OCC(=O)NNC(=O)c1ccc(-c2ccc(C)cc2)cc1F. The number of carbonyl (C=O) groups is 2. The first-order valence-electron chi connectivity index (χ1n) is 9.78. The second-order valence-corrected chi connectivity index (χ2v) is 6.73. The Hall–Kier alpha value is -3.87. The average molecular weight is 422 g/mol. The number of aryl methyl sites for hydroxylation is 1. The number of benzene rings is 3. The molecule has 0 saturated heterocycles. The van der Waals surface area contributed by atoms with Crippen molar-refractivity contribution in [1.29, 1.82) is 0 Å². The van der Waals surface area contributed by atoms with Crippen LogP contribution in [-0.2, 0) is 4.79 Å². The Labute approximate surface area is 180 Å². The average Bonchev–Trinajstić information content (AvgIpc) is 2.77. The van der Waals surface area contributed by atoms with Crippen LogP contribution in [0, 0.1) is 12.7 Å². The van der Waals surface area contributed by atoms with E-state index in [4.69, 9.17) is 9.47 Å². The molecule has 0 heterocycles. The third-order valence-corrected chi connectivity index (χ3v) is 4.42. The molecule has 0 aliphatic rings. The quantitative estimate of drug-likeness (QED) is 0.564. The Kier molecular flexibility index (Phi) is 7.22. The molecule has 0 radical (unpaired) electrons. The van der Waals surface area contributed by atoms with Crippen molar-refractivity contribution in [2.75, 3.05) is 13.2 Å². The van der Waals surface area contributed by atoms with Gasteiger partial charge in [0.25, 0.3) is 11.8 Å². The molecule has 3 aromatic rings. The molecule has 2 N–H and O–H groups in total. The van der Waals surface area contributed by atoms with Gasteiger partial charge in [-0.25, -0.2) is 4.39 Å². The van der Waals surface area contributed by atoms with E-state index in [0.29, 0.717) is 23.7 Å². The molecular weight excluding hydrogens is 399 g/mol. The second-order valence-electron chi connectivity index (χ2n) is 6.73. The highest BCUT2D eigenvalue weighted by molar-refractivity contribution is 5.96. The lowest BCUT2D eigenvalue weighted by Crippen LogP contribution is -2.44. The summed E-state index contributed by atoms with van der Waals surface area (Å²) in [6, 6.07) is 18.9. The first kappa shape index (κ1) is 21.8. The van der Waals surface area contributed by atoms with Gasteiger partial charge in [0.1, 0.15) is 5.82 Å². The maximum Gasteiger partial charge on any atom is 0.276 e. The molecule has 0 aromatic heterocycles. The predicted molar refractivity (Wildman–Crippen MR) is 115 cm³/mol. The highest BCUT2D eigenvalue weighted by atomic mass is 19.1. The summed E-state index contributed by atoms with van der Waals surface area (Å²) in [6.07, 6.45) is 0. The number of rotatable bonds is 7. The zero-order chi connectivity index (χ0) is 22.2. The molecule has 0 unspecified atom stereocenters. The molecule has 160 valence electrons. The van der Waals surface area contributed by atoms with Crippen molar-refractivity contribution in [3.05, 3.63) is 83.7 Å². The van der Waals surface area contributed by atoms with E-state index in [9.17, 15) is 14.0 Å². The summed E-state index contributed by atoms with van der Waals surface area (Å²) in [5.41, 5.74) is 6.81. The zero-order valence-corrected chi connectivity index (χ0v) is 17.3. The summed E-state index contributed by atoms with van der Waals surface area (Å²) < 4.78 is 25.3. The molecule has 3 rings (SSSR count). The highest BCUT2D eigenvalue weighted by Gasteiger charge is 2.14. The van der Waals surface area contributed by atoms with Crippen molar-refractivity contribution in [3.63, 3.8) is 0 Å². The van der Waals surface area contributed by atoms with Crippen LogP contribution in [0.15, 0.2) is 66.7 Å². The fourth-order valence-electron chi connectivity index (χ4n) is 2.84. The van der Waals surface area contributed by atoms with Crippen molar-refractivity contribution in [1.82, 2.24) is 10.9 Å². The van der Waals surface area contributed by atoms with E-state index in [2.05, 4.69) is 10.9 Å². The molecule has 31 heavy (non-hydrogen) atoms. The number of nitrogens with one attached hydrogen (secondary N) is 2. The number of amides is 2. The van der Waals surface area contributed by atoms with Crippen LogP contribution in [0.1, 0.15) is 22.8 Å². The minimum absolute atomic E-state index is 0.182. The topological polar surface area (TPSA) is 76.7 Å². The minimum atomic E-state index is -0.768. The van der Waals surface area contributed by atoms with Gasteiger partial charge in [-0.3, -0.25) is 20.4 Å². The number of carbonyl (C=O) groups excluding carboxylic acids is 2. The van der Waals surface area contributed by atoms with E-state index >= 15 is 0 Å². The van der Waals surface area contributed by atoms with Crippen LogP contribution in [0.25, 0.3) is 11.1 Å². The summed E-state index contributed by atoms with van der Waals surface area (Å²) in [5, 5.41) is 0. The van der Waals surface area contributed by atoms with Crippen molar-refractivity contribution in [2.24, 2.45) is 0 Å². The molecule has 0 saturated carbocycles. The molecule has 0 aliphatic carbocycles. The maximum atomic E-state index is 14.5. The van der Waals surface area contributed by atoms with Crippen LogP contribution in [0.2, 0.25) is 0 Å². The van der Waals surface area contributed by atoms with Gasteiger partial charge in [-0.1, -0.05) is 48.0 Å². The zero-order valence-electron chi connectivity index (χ0n) is 17.3. The van der Waals surface area contributed by atoms with Gasteiger partial charge in [0.05, 0.1) is 12.2 Å². The van der Waals surface area contributed by atoms with Gasteiger partial charge in [0.2, 0.25) is 0 Å². The number of hydrogen-bond donors (Lipinski definition) is 2. The fourth-order valence-corrected chi connectivity index (χ4v) is 2.84. The van der Waals surface area contributed by atoms with Crippen LogP contribution in [0.3, 0.4) is 0 Å². The van der Waals surface area contributed by atoms with Crippen LogP contribution in [-0.4, -0.2) is 25.0 Å². The van der Waals surface area contributed by atoms with Gasteiger partial charge < -0.3 is 9.47 Å². The van der Waals surface area contributed by atoms with Gasteiger partial charge in [0.15, 0.2) is 18.1 Å². The van der Waals surface area contributed by atoms with Crippen LogP contribution in [0.4, 0.5) is 4.39 Å². The van der Waals surface area contributed by atoms with Gasteiger partial charge >= 0.3 is 0 Å². The number of hydrogen-bond acceptors (Lipinski definition) is 4. The van der Waals surface area contributed by atoms with E-state index in [1.807, 2.05) is 38.1 Å². The molecule has 0 spiro atoms. The molecule has 0 aliphatic heterocycles. The molecular formula is C24H23FN2O4. The monoisotopic (exact) mass is 422 g/mol. The van der Waals surface area contributed by atoms with E-state index < -0.39 is 17.6 Å². The molecule has 2 amide bonds. The second kappa shape index (κ2) is 10.2. The summed E-state index contributed by atoms with van der Waals surface area (Å²) in [6.45, 7) is 3.91. The first-order chi connectivity index (χ1) is 15.0. The van der Waals surface area contributed by atoms with Crippen LogP contribution in [0.5, 0.6) is 11.5 Å². The van der Waals surface area contributed by atoms with E-state index in [1.165, 1.54) is 12.1 Å². The van der Waals surface area contributed by atoms with Crippen LogP contribution >= 0.6 is 0 Å². The molecule has 0 atom stereocenters. The van der Waals surface area contributed by atoms with E-state index in [1.54, 1.807) is 30.3 Å². The van der Waals surface area contributed by atoms with Crippen LogP contribution < -0.4 is 20.3 Å². The lowest BCUT2D eigenvalue weighted by atomic mass is 10.0. The normalized spacial score (nSPS) is 10.3. The third-order valence-electron chi connectivity index (χ3n) is 4.42. The molecule has 6 nitrogen and oxygen atoms in total. The number of ether oxygens (including phenoxy) is 2. The van der Waals surface area contributed by atoms with Gasteiger partial charge in [-0.15, -0.1) is 0 Å². The number of para-hydroxylation sites is 2. The van der Waals surface area contributed by atoms with Crippen molar-refractivity contribution >= 4 is 11.8 Å². The Morgan fingerprint density at radius 1 is 0.871 bits per heavy atom. The van der Waals surface area contributed by atoms with Gasteiger partial charge in [-0.05, 0) is 49.2 Å². The first-order valence-corrected chi connectivity index (χ1v) is 9.78. The predicted octanol–water partition coefficient (Wildman–Crippen LogP) is 4.04. The Balaban J connectivity index is 1.55. The summed E-state index contributed by atoms with van der Waals surface area (Å²) in [5.74, 6) is -1.14. The summed E-state index contributed by atoms with van der Waals surface area (Å²) in [7, 11) is 0. The minimum Gasteiger partial charge on any atom is -0.490 e. The molecule has 0 fully saturated rings.